The van der Waals surface area contributed by atoms with Gasteiger partial charge in [0.15, 0.2) is 11.6 Å². The number of carbonyl (C=O) groups is 1. The third-order valence-electron chi connectivity index (χ3n) is 4.16. The van der Waals surface area contributed by atoms with E-state index in [0.717, 1.165) is 25.7 Å². The molecule has 1 aromatic carbocycles. The van der Waals surface area contributed by atoms with E-state index in [4.69, 9.17) is 0 Å². The molecular weight excluding hydrogens is 276 g/mol. The van der Waals surface area contributed by atoms with E-state index < -0.39 is 23.3 Å². The van der Waals surface area contributed by atoms with Crippen molar-refractivity contribution in [1.29, 1.82) is 0 Å². The number of halogens is 2. The van der Waals surface area contributed by atoms with Gasteiger partial charge in [0.2, 0.25) is 5.82 Å². The number of carbonyl (C=O) groups excluding carboxylic acids is 1. The van der Waals surface area contributed by atoms with Crippen molar-refractivity contribution in [2.75, 3.05) is 6.54 Å². The lowest BCUT2D eigenvalue weighted by molar-refractivity contribution is 0.0938. The molecule has 1 fully saturated rings. The van der Waals surface area contributed by atoms with Crippen LogP contribution in [0.25, 0.3) is 0 Å². The van der Waals surface area contributed by atoms with Crippen LogP contribution in [0.2, 0.25) is 0 Å². The predicted octanol–water partition coefficient (Wildman–Crippen LogP) is 3.54. The molecule has 2 rings (SSSR count). The quantitative estimate of drug-likeness (QED) is 0.893. The Morgan fingerprint density at radius 3 is 2.57 bits per heavy atom. The second kappa shape index (κ2) is 6.87. The van der Waals surface area contributed by atoms with Gasteiger partial charge in [-0.1, -0.05) is 26.2 Å². The molecule has 0 atom stereocenters. The first kappa shape index (κ1) is 15.7. The molecule has 5 heteroatoms. The Labute approximate surface area is 123 Å². The summed E-state index contributed by atoms with van der Waals surface area (Å²) in [5.41, 5.74) is -0.102. The van der Waals surface area contributed by atoms with Crippen LogP contribution in [0.5, 0.6) is 5.75 Å². The largest absolute Gasteiger partial charge is 0.505 e. The highest BCUT2D eigenvalue weighted by Gasteiger charge is 2.22. The van der Waals surface area contributed by atoms with Crippen molar-refractivity contribution >= 4 is 5.91 Å². The fourth-order valence-electron chi connectivity index (χ4n) is 2.83. The maximum Gasteiger partial charge on any atom is 0.254 e. The lowest BCUT2D eigenvalue weighted by atomic mass is 9.89. The summed E-state index contributed by atoms with van der Waals surface area (Å²) in [7, 11) is 0. The smallest absolute Gasteiger partial charge is 0.254 e. The summed E-state index contributed by atoms with van der Waals surface area (Å²) >= 11 is 0. The minimum atomic E-state index is -1.35. The van der Waals surface area contributed by atoms with Crippen molar-refractivity contribution in [3.05, 3.63) is 28.8 Å². The first-order valence-corrected chi connectivity index (χ1v) is 7.52. The summed E-state index contributed by atoms with van der Waals surface area (Å²) in [6.07, 6.45) is 5.99. The number of hydrogen-bond acceptors (Lipinski definition) is 2. The van der Waals surface area contributed by atoms with Gasteiger partial charge in [-0.05, 0) is 36.8 Å². The summed E-state index contributed by atoms with van der Waals surface area (Å²) in [5.74, 6) is -3.55. The number of nitrogens with one attached hydrogen (secondary N) is 1. The van der Waals surface area contributed by atoms with E-state index in [1.165, 1.54) is 12.5 Å². The molecule has 0 radical (unpaired) electrons. The van der Waals surface area contributed by atoms with Gasteiger partial charge in [-0.15, -0.1) is 0 Å². The van der Waals surface area contributed by atoms with Gasteiger partial charge in [-0.2, -0.15) is 4.39 Å². The second-order valence-electron chi connectivity index (χ2n) is 5.63. The summed E-state index contributed by atoms with van der Waals surface area (Å²) < 4.78 is 27.4. The van der Waals surface area contributed by atoms with Gasteiger partial charge >= 0.3 is 0 Å². The fourth-order valence-corrected chi connectivity index (χ4v) is 2.83. The summed E-state index contributed by atoms with van der Waals surface area (Å²) in [5, 5.41) is 12.2. The Morgan fingerprint density at radius 1 is 1.29 bits per heavy atom. The standard InChI is InChI=1S/C16H21F2NO2/c1-2-11-8-12(13(17)14(18)15(11)20)16(21)19-9-10-6-4-3-5-7-10/h8,10,20H,2-7,9H2,1H3,(H,19,21). The van der Waals surface area contributed by atoms with Crippen molar-refractivity contribution in [2.45, 2.75) is 45.4 Å². The minimum absolute atomic E-state index is 0.233. The monoisotopic (exact) mass is 297 g/mol. The molecule has 2 N–H and O–H groups in total. The first-order valence-electron chi connectivity index (χ1n) is 7.52. The van der Waals surface area contributed by atoms with Crippen LogP contribution in [-0.4, -0.2) is 17.6 Å². The molecule has 1 amide bonds. The Hall–Kier alpha value is -1.65. The molecule has 1 saturated carbocycles. The molecule has 0 aromatic heterocycles. The zero-order chi connectivity index (χ0) is 15.4. The molecule has 3 nitrogen and oxygen atoms in total. The van der Waals surface area contributed by atoms with E-state index in [1.54, 1.807) is 6.92 Å². The second-order valence-corrected chi connectivity index (χ2v) is 5.63. The number of phenolic OH excluding ortho intramolecular Hbond substituents is 1. The third-order valence-corrected chi connectivity index (χ3v) is 4.16. The van der Waals surface area contributed by atoms with E-state index in [1.807, 2.05) is 0 Å². The predicted molar refractivity (Wildman–Crippen MR) is 76.3 cm³/mol. The zero-order valence-electron chi connectivity index (χ0n) is 12.2. The van der Waals surface area contributed by atoms with Crippen LogP contribution in [0.4, 0.5) is 8.78 Å². The van der Waals surface area contributed by atoms with E-state index in [0.29, 0.717) is 18.9 Å². The lowest BCUT2D eigenvalue weighted by Gasteiger charge is -2.21. The molecule has 0 aliphatic heterocycles. The van der Waals surface area contributed by atoms with Crippen molar-refractivity contribution in [2.24, 2.45) is 5.92 Å². The van der Waals surface area contributed by atoms with E-state index in [2.05, 4.69) is 5.32 Å². The van der Waals surface area contributed by atoms with Crippen LogP contribution < -0.4 is 5.32 Å². The highest BCUT2D eigenvalue weighted by Crippen LogP contribution is 2.27. The average molecular weight is 297 g/mol. The fraction of sp³-hybridized carbons (Fsp3) is 0.562. The molecule has 116 valence electrons. The molecule has 0 heterocycles. The zero-order valence-corrected chi connectivity index (χ0v) is 12.2. The molecule has 0 bridgehead atoms. The van der Waals surface area contributed by atoms with Gasteiger partial charge in [0, 0.05) is 6.54 Å². The molecule has 0 saturated heterocycles. The third kappa shape index (κ3) is 3.52. The highest BCUT2D eigenvalue weighted by atomic mass is 19.2. The topological polar surface area (TPSA) is 49.3 Å². The number of benzene rings is 1. The van der Waals surface area contributed by atoms with Gasteiger partial charge in [0.25, 0.3) is 5.91 Å². The molecule has 1 aliphatic rings. The number of hydrogen-bond donors (Lipinski definition) is 2. The van der Waals surface area contributed by atoms with Gasteiger partial charge < -0.3 is 10.4 Å². The average Bonchev–Trinajstić information content (AvgIpc) is 2.52. The Balaban J connectivity index is 2.09. The van der Waals surface area contributed by atoms with Crippen LogP contribution in [0, 0.1) is 17.6 Å². The summed E-state index contributed by atoms with van der Waals surface area (Å²) in [6, 6.07) is 1.23. The van der Waals surface area contributed by atoms with Crippen molar-refractivity contribution in [3.8, 4) is 5.75 Å². The van der Waals surface area contributed by atoms with Crippen molar-refractivity contribution in [1.82, 2.24) is 5.32 Å². The molecule has 0 unspecified atom stereocenters. The summed E-state index contributed by atoms with van der Waals surface area (Å²) in [4.78, 5) is 12.0. The Kier molecular flexibility index (Phi) is 5.15. The molecule has 21 heavy (non-hydrogen) atoms. The first-order chi connectivity index (χ1) is 10.0. The number of aryl methyl sites for hydroxylation is 1. The summed E-state index contributed by atoms with van der Waals surface area (Å²) in [6.45, 7) is 2.19. The highest BCUT2D eigenvalue weighted by molar-refractivity contribution is 5.95. The van der Waals surface area contributed by atoms with Crippen LogP contribution in [-0.2, 0) is 6.42 Å². The lowest BCUT2D eigenvalue weighted by Crippen LogP contribution is -2.31. The minimum Gasteiger partial charge on any atom is -0.505 e. The van der Waals surface area contributed by atoms with Gasteiger partial charge in [0.05, 0.1) is 5.56 Å². The van der Waals surface area contributed by atoms with Crippen LogP contribution in [0.1, 0.15) is 54.9 Å². The van der Waals surface area contributed by atoms with Crippen molar-refractivity contribution in [3.63, 3.8) is 0 Å². The van der Waals surface area contributed by atoms with E-state index >= 15 is 0 Å². The number of aromatic hydroxyl groups is 1. The maximum atomic E-state index is 13.8. The number of phenols is 1. The molecular formula is C16H21F2NO2. The van der Waals surface area contributed by atoms with E-state index in [9.17, 15) is 18.7 Å². The Bertz CT molecular complexity index is 525. The Morgan fingerprint density at radius 2 is 1.95 bits per heavy atom. The normalized spacial score (nSPS) is 16.0. The van der Waals surface area contributed by atoms with E-state index in [-0.39, 0.29) is 11.1 Å². The van der Waals surface area contributed by atoms with Gasteiger partial charge in [0.1, 0.15) is 0 Å². The van der Waals surface area contributed by atoms with Gasteiger partial charge in [-0.3, -0.25) is 4.79 Å². The van der Waals surface area contributed by atoms with Crippen LogP contribution in [0.15, 0.2) is 6.07 Å². The van der Waals surface area contributed by atoms with Gasteiger partial charge in [-0.25, -0.2) is 4.39 Å². The van der Waals surface area contributed by atoms with Crippen LogP contribution in [0.3, 0.4) is 0 Å². The van der Waals surface area contributed by atoms with Crippen molar-refractivity contribution < 1.29 is 18.7 Å². The molecule has 0 spiro atoms. The molecule has 1 aromatic rings. The van der Waals surface area contributed by atoms with Crippen LogP contribution >= 0.6 is 0 Å². The maximum absolute atomic E-state index is 13.8. The number of amides is 1. The molecule has 1 aliphatic carbocycles. The number of rotatable bonds is 4. The SMILES string of the molecule is CCc1cc(C(=O)NCC2CCCCC2)c(F)c(F)c1O.